The number of nitro benzene ring substituents is 1. The van der Waals surface area contributed by atoms with Gasteiger partial charge in [-0.15, -0.1) is 0 Å². The molecule has 1 amide bonds. The minimum absolute atomic E-state index is 0.0217. The third kappa shape index (κ3) is 5.93. The van der Waals surface area contributed by atoms with E-state index in [0.29, 0.717) is 11.3 Å². The predicted molar refractivity (Wildman–Crippen MR) is 116 cm³/mol. The van der Waals surface area contributed by atoms with Crippen LogP contribution in [0.1, 0.15) is 31.2 Å². The first kappa shape index (κ1) is 23.0. The molecule has 0 unspecified atom stereocenters. The molecule has 11 heteroatoms. The fourth-order valence-electron chi connectivity index (χ4n) is 3.28. The summed E-state index contributed by atoms with van der Waals surface area (Å²) in [6.45, 7) is 1.30. The average molecular weight is 468 g/mol. The summed E-state index contributed by atoms with van der Waals surface area (Å²) in [6, 6.07) is 8.09. The first-order valence-corrected chi connectivity index (χ1v) is 11.5. The number of rotatable bonds is 8. The molecule has 0 bridgehead atoms. The second kappa shape index (κ2) is 9.63. The van der Waals surface area contributed by atoms with E-state index in [1.54, 1.807) is 6.92 Å². The number of hydrogen-bond donors (Lipinski definition) is 2. The lowest BCUT2D eigenvalue weighted by Crippen LogP contribution is -2.32. The summed E-state index contributed by atoms with van der Waals surface area (Å²) in [5.74, 6) is -0.397. The number of nitrogens with zero attached hydrogens (tertiary/aromatic N) is 1. The number of amides is 1. The van der Waals surface area contributed by atoms with E-state index in [-0.39, 0.29) is 27.4 Å². The number of sulfonamides is 1. The molecular weight excluding hydrogens is 446 g/mol. The first-order valence-electron chi connectivity index (χ1n) is 9.65. The highest BCUT2D eigenvalue weighted by Crippen LogP contribution is 2.28. The Bertz CT molecular complexity index is 1100. The molecule has 0 radical (unpaired) electrons. The minimum Gasteiger partial charge on any atom is -0.482 e. The summed E-state index contributed by atoms with van der Waals surface area (Å²) < 4.78 is 33.1. The highest BCUT2D eigenvalue weighted by Gasteiger charge is 2.23. The maximum Gasteiger partial charge on any atom is 0.271 e. The first-order chi connectivity index (χ1) is 14.7. The van der Waals surface area contributed by atoms with Gasteiger partial charge in [0.2, 0.25) is 10.0 Å². The number of aryl methyl sites for hydroxylation is 1. The summed E-state index contributed by atoms with van der Waals surface area (Å²) in [7, 11) is -3.70. The number of non-ortho nitro benzene ring substituents is 1. The number of nitro groups is 1. The number of benzene rings is 2. The van der Waals surface area contributed by atoms with Crippen LogP contribution in [-0.2, 0) is 14.8 Å². The minimum atomic E-state index is -3.70. The summed E-state index contributed by atoms with van der Waals surface area (Å²) in [5.41, 5.74) is 0.808. The molecule has 0 aliphatic heterocycles. The molecule has 166 valence electrons. The number of carbonyl (C=O) groups excluding carboxylic acids is 1. The molecule has 0 atom stereocenters. The van der Waals surface area contributed by atoms with Crippen LogP contribution in [0.25, 0.3) is 0 Å². The van der Waals surface area contributed by atoms with Crippen molar-refractivity contribution >= 4 is 38.9 Å². The fourth-order valence-corrected chi connectivity index (χ4v) is 4.92. The molecule has 2 N–H and O–H groups in total. The monoisotopic (exact) mass is 467 g/mol. The Balaban J connectivity index is 1.62. The normalized spacial score (nSPS) is 14.4. The number of ether oxygens (including phenoxy) is 1. The van der Waals surface area contributed by atoms with Crippen molar-refractivity contribution in [3.05, 3.63) is 57.1 Å². The van der Waals surface area contributed by atoms with Gasteiger partial charge >= 0.3 is 0 Å². The smallest absolute Gasteiger partial charge is 0.271 e. The number of nitrogens with one attached hydrogen (secondary N) is 2. The van der Waals surface area contributed by atoms with Gasteiger partial charge in [-0.05, 0) is 43.5 Å². The van der Waals surface area contributed by atoms with Crippen LogP contribution >= 0.6 is 11.6 Å². The molecule has 0 aromatic heterocycles. The van der Waals surface area contributed by atoms with E-state index >= 15 is 0 Å². The van der Waals surface area contributed by atoms with Crippen LogP contribution < -0.4 is 14.8 Å². The van der Waals surface area contributed by atoms with E-state index in [2.05, 4.69) is 10.0 Å². The molecule has 1 aliphatic carbocycles. The van der Waals surface area contributed by atoms with E-state index < -0.39 is 27.5 Å². The Morgan fingerprint density at radius 2 is 1.94 bits per heavy atom. The van der Waals surface area contributed by atoms with Crippen molar-refractivity contribution in [3.8, 4) is 5.75 Å². The van der Waals surface area contributed by atoms with Gasteiger partial charge in [0.15, 0.2) is 6.61 Å². The van der Waals surface area contributed by atoms with Crippen LogP contribution in [0.5, 0.6) is 5.75 Å². The SMILES string of the molecule is Cc1ccc([N+](=O)[O-])cc1NC(=O)COc1ccc(S(=O)(=O)NC2CCCC2)cc1Cl. The van der Waals surface area contributed by atoms with Crippen LogP contribution in [0.3, 0.4) is 0 Å². The third-order valence-corrected chi connectivity index (χ3v) is 6.77. The lowest BCUT2D eigenvalue weighted by molar-refractivity contribution is -0.384. The zero-order valence-electron chi connectivity index (χ0n) is 16.8. The maximum absolute atomic E-state index is 12.5. The van der Waals surface area contributed by atoms with Gasteiger partial charge in [0.25, 0.3) is 11.6 Å². The van der Waals surface area contributed by atoms with Crippen molar-refractivity contribution in [2.75, 3.05) is 11.9 Å². The quantitative estimate of drug-likeness (QED) is 0.449. The zero-order valence-corrected chi connectivity index (χ0v) is 18.3. The molecule has 2 aromatic rings. The fraction of sp³-hybridized carbons (Fsp3) is 0.350. The van der Waals surface area contributed by atoms with Gasteiger partial charge in [-0.25, -0.2) is 13.1 Å². The van der Waals surface area contributed by atoms with Gasteiger partial charge in [0.1, 0.15) is 5.75 Å². The Labute approximate surface area is 184 Å². The van der Waals surface area contributed by atoms with Crippen LogP contribution in [0.2, 0.25) is 5.02 Å². The molecule has 1 fully saturated rings. The lowest BCUT2D eigenvalue weighted by Gasteiger charge is -2.14. The Hall–Kier alpha value is -2.69. The van der Waals surface area contributed by atoms with E-state index in [0.717, 1.165) is 25.7 Å². The largest absolute Gasteiger partial charge is 0.482 e. The van der Waals surface area contributed by atoms with Gasteiger partial charge in [-0.1, -0.05) is 30.5 Å². The molecule has 0 heterocycles. The van der Waals surface area contributed by atoms with Gasteiger partial charge in [0, 0.05) is 18.2 Å². The lowest BCUT2D eigenvalue weighted by atomic mass is 10.2. The zero-order chi connectivity index (χ0) is 22.6. The average Bonchev–Trinajstić information content (AvgIpc) is 3.20. The molecular formula is C20H22ClN3O6S. The number of halogens is 1. The van der Waals surface area contributed by atoms with Crippen molar-refractivity contribution in [2.24, 2.45) is 0 Å². The van der Waals surface area contributed by atoms with Crippen LogP contribution in [-0.4, -0.2) is 31.9 Å². The van der Waals surface area contributed by atoms with E-state index in [4.69, 9.17) is 16.3 Å². The van der Waals surface area contributed by atoms with Crippen LogP contribution in [0.15, 0.2) is 41.3 Å². The van der Waals surface area contributed by atoms with E-state index in [1.165, 1.54) is 36.4 Å². The molecule has 0 saturated heterocycles. The van der Waals surface area contributed by atoms with Crippen molar-refractivity contribution in [3.63, 3.8) is 0 Å². The van der Waals surface area contributed by atoms with Crippen molar-refractivity contribution in [2.45, 2.75) is 43.5 Å². The molecule has 2 aromatic carbocycles. The van der Waals surface area contributed by atoms with E-state index in [1.807, 2.05) is 0 Å². The van der Waals surface area contributed by atoms with Crippen molar-refractivity contribution in [1.29, 1.82) is 0 Å². The second-order valence-electron chi connectivity index (χ2n) is 7.29. The van der Waals surface area contributed by atoms with E-state index in [9.17, 15) is 23.3 Å². The number of carbonyl (C=O) groups is 1. The molecule has 0 spiro atoms. The van der Waals surface area contributed by atoms with Crippen LogP contribution in [0.4, 0.5) is 11.4 Å². The van der Waals surface area contributed by atoms with Crippen molar-refractivity contribution < 1.29 is 22.9 Å². The summed E-state index contributed by atoms with van der Waals surface area (Å²) >= 11 is 6.15. The number of hydrogen-bond acceptors (Lipinski definition) is 6. The Morgan fingerprint density at radius 1 is 1.23 bits per heavy atom. The molecule has 31 heavy (non-hydrogen) atoms. The third-order valence-electron chi connectivity index (χ3n) is 4.96. The van der Waals surface area contributed by atoms with Gasteiger partial charge in [0.05, 0.1) is 20.5 Å². The van der Waals surface area contributed by atoms with Crippen LogP contribution in [0, 0.1) is 17.0 Å². The van der Waals surface area contributed by atoms with Gasteiger partial charge in [-0.2, -0.15) is 0 Å². The molecule has 1 aliphatic rings. The summed E-state index contributed by atoms with van der Waals surface area (Å²) in [5, 5.41) is 13.5. The standard InChI is InChI=1S/C20H22ClN3O6S/c1-13-6-7-15(24(26)27)10-18(13)22-20(25)12-30-19-9-8-16(11-17(19)21)31(28,29)23-14-4-2-3-5-14/h6-11,14,23H,2-5,12H2,1H3,(H,22,25). The Kier molecular flexibility index (Phi) is 7.14. The summed E-state index contributed by atoms with van der Waals surface area (Å²) in [6.07, 6.45) is 3.62. The molecule has 1 saturated carbocycles. The van der Waals surface area contributed by atoms with Gasteiger partial charge < -0.3 is 10.1 Å². The number of anilines is 1. The highest BCUT2D eigenvalue weighted by atomic mass is 35.5. The Morgan fingerprint density at radius 3 is 2.58 bits per heavy atom. The summed E-state index contributed by atoms with van der Waals surface area (Å²) in [4.78, 5) is 22.6. The molecule has 3 rings (SSSR count). The topological polar surface area (TPSA) is 128 Å². The molecule has 9 nitrogen and oxygen atoms in total. The predicted octanol–water partition coefficient (Wildman–Crippen LogP) is 3.80. The second-order valence-corrected chi connectivity index (χ2v) is 9.41. The highest BCUT2D eigenvalue weighted by molar-refractivity contribution is 7.89. The van der Waals surface area contributed by atoms with Gasteiger partial charge in [-0.3, -0.25) is 14.9 Å². The maximum atomic E-state index is 12.5. The van der Waals surface area contributed by atoms with Crippen molar-refractivity contribution in [1.82, 2.24) is 4.72 Å².